The molecule has 108 valence electrons. The number of sulfone groups is 1. The van der Waals surface area contributed by atoms with E-state index in [4.69, 9.17) is 9.47 Å². The highest BCUT2D eigenvalue weighted by molar-refractivity contribution is 7.91. The number of aliphatic hydroxyl groups is 1. The van der Waals surface area contributed by atoms with Gasteiger partial charge >= 0.3 is 0 Å². The molecule has 0 bridgehead atoms. The smallest absolute Gasteiger partial charge is 0.154 e. The van der Waals surface area contributed by atoms with Crippen molar-refractivity contribution < 1.29 is 23.0 Å². The largest absolute Gasteiger partial charge is 0.390 e. The summed E-state index contributed by atoms with van der Waals surface area (Å²) in [6, 6.07) is -0.326. The summed E-state index contributed by atoms with van der Waals surface area (Å²) in [6.07, 6.45) is -0.828. The average molecular weight is 281 g/mol. The van der Waals surface area contributed by atoms with E-state index >= 15 is 0 Å². The van der Waals surface area contributed by atoms with E-state index in [1.54, 1.807) is 14.2 Å². The maximum atomic E-state index is 11.6. The maximum Gasteiger partial charge on any atom is 0.154 e. The minimum atomic E-state index is -3.14. The summed E-state index contributed by atoms with van der Waals surface area (Å²) in [7, 11) is 0.0657. The molecule has 1 N–H and O–H groups in total. The minimum absolute atomic E-state index is 0.00589. The first kappa shape index (κ1) is 15.8. The van der Waals surface area contributed by atoms with Crippen LogP contribution in [0.2, 0.25) is 0 Å². The van der Waals surface area contributed by atoms with Gasteiger partial charge in [0.15, 0.2) is 9.84 Å². The van der Waals surface area contributed by atoms with E-state index in [9.17, 15) is 13.5 Å². The molecule has 0 aliphatic carbocycles. The average Bonchev–Trinajstić information content (AvgIpc) is 2.53. The van der Waals surface area contributed by atoms with Gasteiger partial charge in [-0.1, -0.05) is 0 Å². The summed E-state index contributed by atoms with van der Waals surface area (Å²) in [4.78, 5) is 1.96. The number of aliphatic hydroxyl groups excluding tert-OH is 1. The van der Waals surface area contributed by atoms with Crippen molar-refractivity contribution in [2.45, 2.75) is 25.1 Å². The molecule has 1 rings (SSSR count). The van der Waals surface area contributed by atoms with Crippen LogP contribution in [0.1, 0.15) is 6.92 Å². The first-order valence-corrected chi connectivity index (χ1v) is 7.85. The van der Waals surface area contributed by atoms with E-state index in [1.807, 2.05) is 11.8 Å². The van der Waals surface area contributed by atoms with Gasteiger partial charge in [-0.2, -0.15) is 0 Å². The molecule has 1 fully saturated rings. The van der Waals surface area contributed by atoms with Crippen LogP contribution in [0.25, 0.3) is 0 Å². The maximum absolute atomic E-state index is 11.6. The van der Waals surface area contributed by atoms with Crippen LogP contribution in [0.3, 0.4) is 0 Å². The van der Waals surface area contributed by atoms with E-state index in [-0.39, 0.29) is 23.6 Å². The van der Waals surface area contributed by atoms with Crippen molar-refractivity contribution in [1.82, 2.24) is 4.90 Å². The molecule has 7 heteroatoms. The molecule has 3 atom stereocenters. The molecule has 1 aliphatic rings. The molecule has 6 nitrogen and oxygen atoms in total. The van der Waals surface area contributed by atoms with E-state index in [0.717, 1.165) is 0 Å². The monoisotopic (exact) mass is 281 g/mol. The Balaban J connectivity index is 2.76. The molecule has 0 radical (unpaired) electrons. The Hall–Kier alpha value is -0.210. The van der Waals surface area contributed by atoms with Crippen LogP contribution in [0, 0.1) is 0 Å². The molecule has 0 saturated carbocycles. The summed E-state index contributed by atoms with van der Waals surface area (Å²) in [5.74, 6) is -0.146. The quantitative estimate of drug-likeness (QED) is 0.653. The fourth-order valence-electron chi connectivity index (χ4n) is 2.37. The highest BCUT2D eigenvalue weighted by atomic mass is 32.2. The summed E-state index contributed by atoms with van der Waals surface area (Å²) in [6.45, 7) is 3.53. The Kier molecular flexibility index (Phi) is 6.00. The van der Waals surface area contributed by atoms with Crippen molar-refractivity contribution >= 4 is 9.84 Å². The van der Waals surface area contributed by atoms with Gasteiger partial charge in [-0.15, -0.1) is 0 Å². The number of methoxy groups -OCH3 is 2. The van der Waals surface area contributed by atoms with Gasteiger partial charge in [0, 0.05) is 26.8 Å². The number of hydrogen-bond acceptors (Lipinski definition) is 6. The molecule has 18 heavy (non-hydrogen) atoms. The van der Waals surface area contributed by atoms with Gasteiger partial charge in [-0.3, -0.25) is 4.90 Å². The zero-order valence-electron chi connectivity index (χ0n) is 11.2. The number of hydrogen-bond donors (Lipinski definition) is 1. The van der Waals surface area contributed by atoms with Crippen molar-refractivity contribution in [3.05, 3.63) is 0 Å². The highest BCUT2D eigenvalue weighted by Gasteiger charge is 2.41. The van der Waals surface area contributed by atoms with Gasteiger partial charge in [0.05, 0.1) is 36.9 Å². The van der Waals surface area contributed by atoms with Crippen LogP contribution in [0.5, 0.6) is 0 Å². The van der Waals surface area contributed by atoms with Crippen LogP contribution < -0.4 is 0 Å². The molecule has 1 saturated heterocycles. The zero-order chi connectivity index (χ0) is 13.8. The lowest BCUT2D eigenvalue weighted by atomic mass is 10.1. The first-order valence-electron chi connectivity index (χ1n) is 6.03. The van der Waals surface area contributed by atoms with Crippen LogP contribution in [-0.4, -0.2) is 82.1 Å². The van der Waals surface area contributed by atoms with Crippen molar-refractivity contribution in [2.24, 2.45) is 0 Å². The van der Waals surface area contributed by atoms with E-state index in [1.165, 1.54) is 0 Å². The van der Waals surface area contributed by atoms with Gasteiger partial charge in [-0.05, 0) is 6.92 Å². The van der Waals surface area contributed by atoms with E-state index < -0.39 is 15.9 Å². The Morgan fingerprint density at radius 3 is 2.44 bits per heavy atom. The highest BCUT2D eigenvalue weighted by Crippen LogP contribution is 2.20. The van der Waals surface area contributed by atoms with E-state index in [0.29, 0.717) is 19.8 Å². The summed E-state index contributed by atoms with van der Waals surface area (Å²) in [5, 5.41) is 9.91. The van der Waals surface area contributed by atoms with Crippen LogP contribution in [-0.2, 0) is 19.3 Å². The molecular formula is C11H23NO5S. The molecule has 0 amide bonds. The third-order valence-electron chi connectivity index (χ3n) is 3.25. The minimum Gasteiger partial charge on any atom is -0.390 e. The second kappa shape index (κ2) is 6.81. The first-order chi connectivity index (χ1) is 8.41. The SMILES string of the molecule is COCCN(C(C)COC)C1CS(=O)(=O)CC1O. The van der Waals surface area contributed by atoms with Gasteiger partial charge in [0.25, 0.3) is 0 Å². The number of ether oxygens (including phenoxy) is 2. The second-order valence-corrected chi connectivity index (χ2v) is 6.90. The fourth-order valence-corrected chi connectivity index (χ4v) is 4.19. The Labute approximate surface area is 109 Å². The van der Waals surface area contributed by atoms with Gasteiger partial charge in [0.2, 0.25) is 0 Å². The van der Waals surface area contributed by atoms with Crippen LogP contribution >= 0.6 is 0 Å². The van der Waals surface area contributed by atoms with Gasteiger partial charge in [-0.25, -0.2) is 8.42 Å². The molecule has 1 aliphatic heterocycles. The lowest BCUT2D eigenvalue weighted by Gasteiger charge is -2.34. The molecule has 0 aromatic carbocycles. The lowest BCUT2D eigenvalue weighted by Crippen LogP contribution is -2.50. The van der Waals surface area contributed by atoms with Crippen LogP contribution in [0.15, 0.2) is 0 Å². The third kappa shape index (κ3) is 4.17. The summed E-state index contributed by atoms with van der Waals surface area (Å²) < 4.78 is 33.3. The van der Waals surface area contributed by atoms with Gasteiger partial charge < -0.3 is 14.6 Å². The molecular weight excluding hydrogens is 258 g/mol. The number of rotatable bonds is 7. The second-order valence-electron chi connectivity index (χ2n) is 4.75. The molecule has 0 aromatic heterocycles. The lowest BCUT2D eigenvalue weighted by molar-refractivity contribution is 0.0134. The van der Waals surface area contributed by atoms with Crippen molar-refractivity contribution in [1.29, 1.82) is 0 Å². The van der Waals surface area contributed by atoms with Crippen molar-refractivity contribution in [3.63, 3.8) is 0 Å². The van der Waals surface area contributed by atoms with E-state index in [2.05, 4.69) is 0 Å². The normalized spacial score (nSPS) is 28.7. The Morgan fingerprint density at radius 1 is 1.33 bits per heavy atom. The van der Waals surface area contributed by atoms with Crippen molar-refractivity contribution in [2.75, 3.05) is 45.5 Å². The topological polar surface area (TPSA) is 76.1 Å². The van der Waals surface area contributed by atoms with Crippen molar-refractivity contribution in [3.8, 4) is 0 Å². The third-order valence-corrected chi connectivity index (χ3v) is 4.95. The fraction of sp³-hybridized carbons (Fsp3) is 1.00. The summed E-state index contributed by atoms with van der Waals surface area (Å²) >= 11 is 0. The van der Waals surface area contributed by atoms with Gasteiger partial charge in [0.1, 0.15) is 0 Å². The zero-order valence-corrected chi connectivity index (χ0v) is 12.0. The number of nitrogens with zero attached hydrogens (tertiary/aromatic N) is 1. The molecule has 3 unspecified atom stereocenters. The van der Waals surface area contributed by atoms with Crippen LogP contribution in [0.4, 0.5) is 0 Å². The standard InChI is InChI=1S/C11H23NO5S/c1-9(6-17-3)12(4-5-16-2)10-7-18(14,15)8-11(10)13/h9-11,13H,4-8H2,1-3H3. The molecule has 0 spiro atoms. The molecule has 0 aromatic rings. The predicted octanol–water partition coefficient (Wildman–Crippen LogP) is -0.872. The Bertz CT molecular complexity index is 345. The summed E-state index contributed by atoms with van der Waals surface area (Å²) in [5.41, 5.74) is 0. The molecule has 1 heterocycles. The Morgan fingerprint density at radius 2 is 2.00 bits per heavy atom. The predicted molar refractivity (Wildman–Crippen MR) is 68.4 cm³/mol.